The molecule has 0 saturated carbocycles. The molecular formula is C22H22N2O3. The van der Waals surface area contributed by atoms with Crippen LogP contribution in [-0.4, -0.2) is 29.5 Å². The number of hydrogen-bond donors (Lipinski definition) is 1. The van der Waals surface area contributed by atoms with Gasteiger partial charge in [-0.15, -0.1) is 0 Å². The molecule has 0 aliphatic carbocycles. The molecule has 3 aromatic rings. The van der Waals surface area contributed by atoms with Gasteiger partial charge in [-0.2, -0.15) is 0 Å². The van der Waals surface area contributed by atoms with E-state index < -0.39 is 12.1 Å². The number of aromatic nitrogens is 1. The number of para-hydroxylation sites is 1. The minimum atomic E-state index is -0.875. The first-order valence-corrected chi connectivity index (χ1v) is 8.93. The Balaban J connectivity index is 1.61. The van der Waals surface area contributed by atoms with Crippen LogP contribution in [0.2, 0.25) is 0 Å². The molecule has 0 aliphatic rings. The Hall–Kier alpha value is -3.21. The summed E-state index contributed by atoms with van der Waals surface area (Å²) in [6.07, 6.45) is -0.151. The van der Waals surface area contributed by atoms with Crippen molar-refractivity contribution in [1.82, 2.24) is 10.3 Å². The van der Waals surface area contributed by atoms with Crippen molar-refractivity contribution in [2.45, 2.75) is 26.4 Å². The Morgan fingerprint density at radius 1 is 1.07 bits per heavy atom. The lowest BCUT2D eigenvalue weighted by Crippen LogP contribution is -2.37. The lowest BCUT2D eigenvalue weighted by atomic mass is 10.1. The molecule has 5 heteroatoms. The van der Waals surface area contributed by atoms with E-state index in [4.69, 9.17) is 4.74 Å². The fourth-order valence-electron chi connectivity index (χ4n) is 2.87. The predicted molar refractivity (Wildman–Crippen MR) is 105 cm³/mol. The van der Waals surface area contributed by atoms with Gasteiger partial charge in [0.25, 0.3) is 5.91 Å². The molecule has 0 bridgehead atoms. The maximum absolute atomic E-state index is 12.6. The monoisotopic (exact) mass is 362 g/mol. The second kappa shape index (κ2) is 8.45. The molecule has 0 spiro atoms. The highest BCUT2D eigenvalue weighted by Crippen LogP contribution is 2.19. The van der Waals surface area contributed by atoms with E-state index in [1.807, 2.05) is 61.5 Å². The van der Waals surface area contributed by atoms with Gasteiger partial charge in [0.15, 0.2) is 6.10 Å². The number of esters is 1. The van der Waals surface area contributed by atoms with Crippen LogP contribution in [0.4, 0.5) is 0 Å². The SMILES string of the molecule is Cc1cc(C(=O)OC(C)C(=O)NCCc2ccccc2)c2ccccc2n1. The Morgan fingerprint density at radius 3 is 2.56 bits per heavy atom. The van der Waals surface area contributed by atoms with Crippen molar-refractivity contribution < 1.29 is 14.3 Å². The molecule has 5 nitrogen and oxygen atoms in total. The van der Waals surface area contributed by atoms with Gasteiger partial charge < -0.3 is 10.1 Å². The zero-order chi connectivity index (χ0) is 19.2. The van der Waals surface area contributed by atoms with Crippen LogP contribution in [0, 0.1) is 6.92 Å². The molecule has 2 aromatic carbocycles. The first kappa shape index (κ1) is 18.6. The number of amides is 1. The summed E-state index contributed by atoms with van der Waals surface area (Å²) in [4.78, 5) is 29.2. The highest BCUT2D eigenvalue weighted by Gasteiger charge is 2.20. The third-order valence-electron chi connectivity index (χ3n) is 4.27. The summed E-state index contributed by atoms with van der Waals surface area (Å²) >= 11 is 0. The maximum atomic E-state index is 12.6. The summed E-state index contributed by atoms with van der Waals surface area (Å²) in [5, 5.41) is 3.52. The number of pyridine rings is 1. The quantitative estimate of drug-likeness (QED) is 0.682. The number of aryl methyl sites for hydroxylation is 1. The van der Waals surface area contributed by atoms with Crippen LogP contribution in [0.1, 0.15) is 28.5 Å². The Bertz CT molecular complexity index is 954. The van der Waals surface area contributed by atoms with Crippen molar-refractivity contribution in [2.75, 3.05) is 6.54 Å². The molecule has 27 heavy (non-hydrogen) atoms. The zero-order valence-corrected chi connectivity index (χ0v) is 15.4. The molecule has 0 radical (unpaired) electrons. The van der Waals surface area contributed by atoms with Crippen LogP contribution >= 0.6 is 0 Å². The van der Waals surface area contributed by atoms with Crippen molar-refractivity contribution in [3.63, 3.8) is 0 Å². The molecule has 3 rings (SSSR count). The number of hydrogen-bond acceptors (Lipinski definition) is 4. The predicted octanol–water partition coefficient (Wildman–Crippen LogP) is 3.45. The summed E-state index contributed by atoms with van der Waals surface area (Å²) in [6.45, 7) is 3.89. The second-order valence-electron chi connectivity index (χ2n) is 6.40. The molecular weight excluding hydrogens is 340 g/mol. The van der Waals surface area contributed by atoms with Crippen LogP contribution < -0.4 is 5.32 Å². The largest absolute Gasteiger partial charge is 0.449 e. The summed E-state index contributed by atoms with van der Waals surface area (Å²) in [5.74, 6) is -0.836. The van der Waals surface area contributed by atoms with Crippen molar-refractivity contribution in [3.05, 3.63) is 77.5 Å². The molecule has 0 aliphatic heterocycles. The lowest BCUT2D eigenvalue weighted by Gasteiger charge is -2.14. The standard InChI is InChI=1S/C22H22N2O3/c1-15-14-19(18-10-6-7-11-20(18)24-15)22(26)27-16(2)21(25)23-13-12-17-8-4-3-5-9-17/h3-11,14,16H,12-13H2,1-2H3,(H,23,25). The number of nitrogens with one attached hydrogen (secondary N) is 1. The molecule has 0 fully saturated rings. The van der Waals surface area contributed by atoms with Gasteiger partial charge in [0.05, 0.1) is 11.1 Å². The Kier molecular flexibility index (Phi) is 5.81. The second-order valence-corrected chi connectivity index (χ2v) is 6.40. The third kappa shape index (κ3) is 4.70. The van der Waals surface area contributed by atoms with Crippen LogP contribution in [0.15, 0.2) is 60.7 Å². The van der Waals surface area contributed by atoms with Gasteiger partial charge >= 0.3 is 5.97 Å². The van der Waals surface area contributed by atoms with Crippen LogP contribution in [-0.2, 0) is 16.0 Å². The normalized spacial score (nSPS) is 11.8. The van der Waals surface area contributed by atoms with Crippen LogP contribution in [0.25, 0.3) is 10.9 Å². The van der Waals surface area contributed by atoms with Crippen molar-refractivity contribution in [1.29, 1.82) is 0 Å². The highest BCUT2D eigenvalue weighted by atomic mass is 16.5. The third-order valence-corrected chi connectivity index (χ3v) is 4.27. The van der Waals surface area contributed by atoms with E-state index >= 15 is 0 Å². The van der Waals surface area contributed by atoms with Gasteiger partial charge in [0.2, 0.25) is 0 Å². The fraction of sp³-hybridized carbons (Fsp3) is 0.227. The lowest BCUT2D eigenvalue weighted by molar-refractivity contribution is -0.129. The number of benzene rings is 2. The number of fused-ring (bicyclic) bond motifs is 1. The number of rotatable bonds is 6. The number of carbonyl (C=O) groups excluding carboxylic acids is 2. The summed E-state index contributed by atoms with van der Waals surface area (Å²) < 4.78 is 5.39. The smallest absolute Gasteiger partial charge is 0.339 e. The molecule has 1 unspecified atom stereocenters. The molecule has 0 saturated heterocycles. The number of ether oxygens (including phenoxy) is 1. The van der Waals surface area contributed by atoms with E-state index in [1.54, 1.807) is 13.0 Å². The zero-order valence-electron chi connectivity index (χ0n) is 15.4. The Morgan fingerprint density at radius 2 is 1.78 bits per heavy atom. The first-order chi connectivity index (χ1) is 13.0. The number of nitrogens with zero attached hydrogens (tertiary/aromatic N) is 1. The van der Waals surface area contributed by atoms with E-state index in [0.717, 1.165) is 23.2 Å². The minimum absolute atomic E-state index is 0.311. The summed E-state index contributed by atoms with van der Waals surface area (Å²) in [7, 11) is 0. The van der Waals surface area contributed by atoms with Crippen molar-refractivity contribution in [3.8, 4) is 0 Å². The van der Waals surface area contributed by atoms with Gasteiger partial charge in [-0.3, -0.25) is 9.78 Å². The topological polar surface area (TPSA) is 68.3 Å². The molecule has 1 atom stereocenters. The van der Waals surface area contributed by atoms with Gasteiger partial charge in [-0.25, -0.2) is 4.79 Å². The average Bonchev–Trinajstić information content (AvgIpc) is 2.67. The minimum Gasteiger partial charge on any atom is -0.449 e. The van der Waals surface area contributed by atoms with E-state index in [9.17, 15) is 9.59 Å². The van der Waals surface area contributed by atoms with Crippen LogP contribution in [0.5, 0.6) is 0 Å². The summed E-state index contributed by atoms with van der Waals surface area (Å²) in [5.41, 5.74) is 3.01. The first-order valence-electron chi connectivity index (χ1n) is 8.93. The van der Waals surface area contributed by atoms with Crippen LogP contribution in [0.3, 0.4) is 0 Å². The van der Waals surface area contributed by atoms with Gasteiger partial charge in [-0.05, 0) is 38.0 Å². The van der Waals surface area contributed by atoms with Crippen molar-refractivity contribution >= 4 is 22.8 Å². The van der Waals surface area contributed by atoms with E-state index in [0.29, 0.717) is 17.5 Å². The average molecular weight is 362 g/mol. The molecule has 1 amide bonds. The van der Waals surface area contributed by atoms with Gasteiger partial charge in [-0.1, -0.05) is 48.5 Å². The van der Waals surface area contributed by atoms with E-state index in [-0.39, 0.29) is 5.91 Å². The van der Waals surface area contributed by atoms with E-state index in [1.165, 1.54) is 0 Å². The Labute approximate surface area is 158 Å². The van der Waals surface area contributed by atoms with E-state index in [2.05, 4.69) is 10.3 Å². The molecule has 1 N–H and O–H groups in total. The molecule has 1 aromatic heterocycles. The molecule has 138 valence electrons. The highest BCUT2D eigenvalue weighted by molar-refractivity contribution is 6.04. The number of carbonyl (C=O) groups is 2. The van der Waals surface area contributed by atoms with Gasteiger partial charge in [0, 0.05) is 17.6 Å². The maximum Gasteiger partial charge on any atom is 0.339 e. The summed E-state index contributed by atoms with van der Waals surface area (Å²) in [6, 6.07) is 19.0. The fourth-order valence-corrected chi connectivity index (χ4v) is 2.87. The van der Waals surface area contributed by atoms with Crippen molar-refractivity contribution in [2.24, 2.45) is 0 Å². The molecule has 1 heterocycles. The van der Waals surface area contributed by atoms with Gasteiger partial charge in [0.1, 0.15) is 0 Å².